The highest BCUT2D eigenvalue weighted by atomic mass is 16.5. The summed E-state index contributed by atoms with van der Waals surface area (Å²) in [5.41, 5.74) is 0. The fourth-order valence-corrected chi connectivity index (χ4v) is 2.35. The molecular formula is C12H23NO4. The molecule has 17 heavy (non-hydrogen) atoms. The summed E-state index contributed by atoms with van der Waals surface area (Å²) in [4.78, 5) is 13.2. The molecule has 1 saturated heterocycles. The van der Waals surface area contributed by atoms with Gasteiger partial charge in [0.2, 0.25) is 0 Å². The van der Waals surface area contributed by atoms with Crippen LogP contribution < -0.4 is 0 Å². The van der Waals surface area contributed by atoms with Crippen LogP contribution in [0.4, 0.5) is 0 Å². The number of ether oxygens (including phenoxy) is 2. The molecule has 5 heteroatoms. The average Bonchev–Trinajstić information content (AvgIpc) is 2.28. The number of likely N-dealkylation sites (tertiary alicyclic amines) is 1. The molecule has 0 saturated carbocycles. The van der Waals surface area contributed by atoms with E-state index in [2.05, 4.69) is 0 Å². The first-order valence-corrected chi connectivity index (χ1v) is 6.20. The Bertz CT molecular complexity index is 235. The van der Waals surface area contributed by atoms with E-state index in [-0.39, 0.29) is 12.0 Å². The highest BCUT2D eigenvalue weighted by Crippen LogP contribution is 2.23. The molecule has 1 N–H and O–H groups in total. The van der Waals surface area contributed by atoms with Crippen LogP contribution in [-0.2, 0) is 14.3 Å². The number of rotatable bonds is 7. The maximum absolute atomic E-state index is 11.2. The lowest BCUT2D eigenvalue weighted by Gasteiger charge is -2.37. The number of carboxylic acid groups (broad SMARTS) is 1. The van der Waals surface area contributed by atoms with E-state index in [0.29, 0.717) is 26.4 Å². The number of carbonyl (C=O) groups is 1. The SMILES string of the molecule is COCCOCCN1CCCC(C)C1C(=O)O. The van der Waals surface area contributed by atoms with Gasteiger partial charge in [0.15, 0.2) is 0 Å². The van der Waals surface area contributed by atoms with Crippen LogP contribution in [0.5, 0.6) is 0 Å². The molecule has 2 atom stereocenters. The second kappa shape index (κ2) is 7.63. The lowest BCUT2D eigenvalue weighted by molar-refractivity contribution is -0.147. The van der Waals surface area contributed by atoms with Crippen molar-refractivity contribution in [1.82, 2.24) is 4.90 Å². The summed E-state index contributed by atoms with van der Waals surface area (Å²) < 4.78 is 10.3. The third-order valence-electron chi connectivity index (χ3n) is 3.24. The van der Waals surface area contributed by atoms with E-state index in [1.54, 1.807) is 7.11 Å². The summed E-state index contributed by atoms with van der Waals surface area (Å²) in [6.07, 6.45) is 2.07. The zero-order chi connectivity index (χ0) is 12.7. The summed E-state index contributed by atoms with van der Waals surface area (Å²) in [5, 5.41) is 9.22. The maximum Gasteiger partial charge on any atom is 0.321 e. The largest absolute Gasteiger partial charge is 0.480 e. The minimum atomic E-state index is -0.714. The molecule has 1 rings (SSSR count). The Morgan fingerprint density at radius 1 is 1.41 bits per heavy atom. The van der Waals surface area contributed by atoms with Gasteiger partial charge in [0.1, 0.15) is 6.04 Å². The normalized spacial score (nSPS) is 26.0. The molecule has 1 aliphatic rings. The van der Waals surface area contributed by atoms with Crippen LogP contribution in [0, 0.1) is 5.92 Å². The van der Waals surface area contributed by atoms with Crippen LogP contribution in [0.3, 0.4) is 0 Å². The van der Waals surface area contributed by atoms with Crippen molar-refractivity contribution in [3.05, 3.63) is 0 Å². The van der Waals surface area contributed by atoms with Crippen molar-refractivity contribution in [2.75, 3.05) is 40.0 Å². The van der Waals surface area contributed by atoms with Gasteiger partial charge < -0.3 is 14.6 Å². The molecule has 0 spiro atoms. The zero-order valence-electron chi connectivity index (χ0n) is 10.7. The van der Waals surface area contributed by atoms with Crippen molar-refractivity contribution in [2.24, 2.45) is 5.92 Å². The van der Waals surface area contributed by atoms with Gasteiger partial charge in [-0.3, -0.25) is 9.69 Å². The van der Waals surface area contributed by atoms with Gasteiger partial charge in [0.25, 0.3) is 0 Å². The standard InChI is InChI=1S/C12H23NO4/c1-10-4-3-5-13(11(10)12(14)15)6-7-17-9-8-16-2/h10-11H,3-9H2,1-2H3,(H,14,15). The van der Waals surface area contributed by atoms with Gasteiger partial charge in [-0.2, -0.15) is 0 Å². The fourth-order valence-electron chi connectivity index (χ4n) is 2.35. The van der Waals surface area contributed by atoms with E-state index in [1.807, 2.05) is 11.8 Å². The highest BCUT2D eigenvalue weighted by molar-refractivity contribution is 5.74. The second-order valence-electron chi connectivity index (χ2n) is 4.54. The summed E-state index contributed by atoms with van der Waals surface area (Å²) in [7, 11) is 1.64. The van der Waals surface area contributed by atoms with Gasteiger partial charge in [-0.1, -0.05) is 6.92 Å². The number of carboxylic acids is 1. The van der Waals surface area contributed by atoms with Crippen molar-refractivity contribution < 1.29 is 19.4 Å². The van der Waals surface area contributed by atoms with Crippen LogP contribution >= 0.6 is 0 Å². The fraction of sp³-hybridized carbons (Fsp3) is 0.917. The lowest BCUT2D eigenvalue weighted by Crippen LogP contribution is -2.50. The molecule has 5 nitrogen and oxygen atoms in total. The number of aliphatic carboxylic acids is 1. The molecular weight excluding hydrogens is 222 g/mol. The number of nitrogens with zero attached hydrogens (tertiary/aromatic N) is 1. The van der Waals surface area contributed by atoms with Gasteiger partial charge in [-0.25, -0.2) is 0 Å². The smallest absolute Gasteiger partial charge is 0.321 e. The predicted molar refractivity (Wildman–Crippen MR) is 64.1 cm³/mol. The molecule has 1 fully saturated rings. The minimum Gasteiger partial charge on any atom is -0.480 e. The first kappa shape index (κ1) is 14.4. The van der Waals surface area contributed by atoms with E-state index in [4.69, 9.17) is 9.47 Å². The summed E-state index contributed by atoms with van der Waals surface area (Å²) in [6.45, 7) is 5.27. The predicted octanol–water partition coefficient (Wildman–Crippen LogP) is 0.835. The monoisotopic (exact) mass is 245 g/mol. The average molecular weight is 245 g/mol. The molecule has 0 radical (unpaired) electrons. The molecule has 0 amide bonds. The van der Waals surface area contributed by atoms with Gasteiger partial charge in [-0.05, 0) is 25.3 Å². The van der Waals surface area contributed by atoms with Crippen LogP contribution in [0.25, 0.3) is 0 Å². The van der Waals surface area contributed by atoms with Crippen molar-refractivity contribution in [3.8, 4) is 0 Å². The molecule has 0 bridgehead atoms. The third kappa shape index (κ3) is 4.61. The van der Waals surface area contributed by atoms with E-state index in [0.717, 1.165) is 19.4 Å². The second-order valence-corrected chi connectivity index (χ2v) is 4.54. The van der Waals surface area contributed by atoms with E-state index < -0.39 is 5.97 Å². The first-order valence-electron chi connectivity index (χ1n) is 6.20. The van der Waals surface area contributed by atoms with E-state index in [1.165, 1.54) is 0 Å². The highest BCUT2D eigenvalue weighted by Gasteiger charge is 2.33. The summed E-state index contributed by atoms with van der Waals surface area (Å²) in [6, 6.07) is -0.352. The minimum absolute atomic E-state index is 0.222. The van der Waals surface area contributed by atoms with Crippen molar-refractivity contribution >= 4 is 5.97 Å². The maximum atomic E-state index is 11.2. The first-order chi connectivity index (χ1) is 8.16. The quantitative estimate of drug-likeness (QED) is 0.673. The Kier molecular flexibility index (Phi) is 6.47. The Labute approximate surface area is 103 Å². The van der Waals surface area contributed by atoms with Crippen molar-refractivity contribution in [2.45, 2.75) is 25.8 Å². The lowest BCUT2D eigenvalue weighted by atomic mass is 9.91. The number of piperidine rings is 1. The number of methoxy groups -OCH3 is 1. The van der Waals surface area contributed by atoms with Crippen molar-refractivity contribution in [1.29, 1.82) is 0 Å². The van der Waals surface area contributed by atoms with E-state index >= 15 is 0 Å². The molecule has 0 aromatic rings. The third-order valence-corrected chi connectivity index (χ3v) is 3.24. The summed E-state index contributed by atoms with van der Waals surface area (Å²) in [5.74, 6) is -0.491. The Hall–Kier alpha value is -0.650. The van der Waals surface area contributed by atoms with Gasteiger partial charge >= 0.3 is 5.97 Å². The van der Waals surface area contributed by atoms with Gasteiger partial charge in [-0.15, -0.1) is 0 Å². The van der Waals surface area contributed by atoms with E-state index in [9.17, 15) is 9.90 Å². The van der Waals surface area contributed by atoms with Crippen molar-refractivity contribution in [3.63, 3.8) is 0 Å². The molecule has 1 aliphatic heterocycles. The molecule has 100 valence electrons. The molecule has 0 aliphatic carbocycles. The Balaban J connectivity index is 2.31. The topological polar surface area (TPSA) is 59.0 Å². The zero-order valence-corrected chi connectivity index (χ0v) is 10.7. The van der Waals surface area contributed by atoms with Crippen LogP contribution in [0.2, 0.25) is 0 Å². The summed E-state index contributed by atoms with van der Waals surface area (Å²) >= 11 is 0. The van der Waals surface area contributed by atoms with Crippen LogP contribution in [0.15, 0.2) is 0 Å². The Morgan fingerprint density at radius 2 is 2.18 bits per heavy atom. The molecule has 0 aromatic heterocycles. The van der Waals surface area contributed by atoms with Gasteiger partial charge in [0, 0.05) is 13.7 Å². The molecule has 1 heterocycles. The van der Waals surface area contributed by atoms with Crippen LogP contribution in [0.1, 0.15) is 19.8 Å². The van der Waals surface area contributed by atoms with Gasteiger partial charge in [0.05, 0.1) is 19.8 Å². The van der Waals surface area contributed by atoms with Crippen LogP contribution in [-0.4, -0.2) is 62.0 Å². The molecule has 0 aromatic carbocycles. The molecule has 2 unspecified atom stereocenters. The number of hydrogen-bond acceptors (Lipinski definition) is 4. The number of hydrogen-bond donors (Lipinski definition) is 1. The Morgan fingerprint density at radius 3 is 2.82 bits per heavy atom.